The highest BCUT2D eigenvalue weighted by molar-refractivity contribution is 5.99. The number of carbonyl (C=O) groups is 3. The van der Waals surface area contributed by atoms with Gasteiger partial charge < -0.3 is 33.8 Å². The third kappa shape index (κ3) is 7.17. The minimum Gasteiger partial charge on any atom is -0.482 e. The van der Waals surface area contributed by atoms with E-state index in [9.17, 15) is 28.0 Å². The number of nitrogens with zero attached hydrogens (tertiary/aromatic N) is 3. The Morgan fingerprint density at radius 1 is 1.20 bits per heavy atom. The number of amides is 2. The van der Waals surface area contributed by atoms with Crippen LogP contribution in [0.25, 0.3) is 0 Å². The van der Waals surface area contributed by atoms with Gasteiger partial charge in [-0.1, -0.05) is 25.1 Å². The highest BCUT2D eigenvalue weighted by atomic mass is 19.1. The topological polar surface area (TPSA) is 138 Å². The Morgan fingerprint density at radius 2 is 1.95 bits per heavy atom. The molecule has 0 saturated carbocycles. The number of hydrogen-bond acceptors (Lipinski definition) is 9. The molecule has 2 aliphatic rings. The number of carbonyl (C=O) groups excluding carboxylic acids is 3. The molecular weight excluding hydrogens is 582 g/mol. The molecule has 2 aromatic rings. The summed E-state index contributed by atoms with van der Waals surface area (Å²) in [5.41, 5.74) is -1.48. The fourth-order valence-electron chi connectivity index (χ4n) is 5.10. The number of esters is 1. The van der Waals surface area contributed by atoms with Gasteiger partial charge in [-0.15, -0.1) is 0 Å². The maximum absolute atomic E-state index is 14.2. The van der Waals surface area contributed by atoms with Crippen LogP contribution < -0.4 is 15.5 Å². The number of rotatable bonds is 10. The number of fused-ring (bicyclic) bond motifs is 4. The molecule has 2 aliphatic heterocycles. The molecular formula is C30H38F2N4O8. The molecule has 0 radical (unpaired) electrons. The van der Waals surface area contributed by atoms with Crippen molar-refractivity contribution in [1.29, 1.82) is 0 Å². The second-order valence-corrected chi connectivity index (χ2v) is 11.2. The SMILES string of the molecule is CO/C(C)=N/O[C@@H]1CC[C@H](C)N2C[C@H]1n1cc(C(=O)NCc3ccc(F)cc3F)c(=O)c(OCOC(=O)CC(C)C)c1C2=O.[HH]. The molecule has 2 amide bonds. The van der Waals surface area contributed by atoms with Crippen molar-refractivity contribution in [2.45, 2.75) is 71.7 Å². The van der Waals surface area contributed by atoms with Gasteiger partial charge in [-0.25, -0.2) is 8.78 Å². The van der Waals surface area contributed by atoms with E-state index >= 15 is 0 Å². The molecule has 1 saturated heterocycles. The first-order valence-electron chi connectivity index (χ1n) is 14.3. The fraction of sp³-hybridized carbons (Fsp3) is 0.500. The van der Waals surface area contributed by atoms with Crippen LogP contribution in [-0.4, -0.2) is 65.7 Å². The quantitative estimate of drug-likeness (QED) is 0.139. The third-order valence-electron chi connectivity index (χ3n) is 7.54. The molecule has 240 valence electrons. The number of oxime groups is 1. The van der Waals surface area contributed by atoms with Crippen LogP contribution >= 0.6 is 0 Å². The Bertz CT molecular complexity index is 1520. The van der Waals surface area contributed by atoms with Gasteiger partial charge in [-0.05, 0) is 31.7 Å². The summed E-state index contributed by atoms with van der Waals surface area (Å²) >= 11 is 0. The van der Waals surface area contributed by atoms with Crippen LogP contribution in [0.3, 0.4) is 0 Å². The minimum atomic E-state index is -0.931. The van der Waals surface area contributed by atoms with E-state index in [1.807, 2.05) is 20.8 Å². The van der Waals surface area contributed by atoms with Crippen LogP contribution in [0.1, 0.15) is 80.8 Å². The lowest BCUT2D eigenvalue weighted by atomic mass is 10.0. The van der Waals surface area contributed by atoms with Crippen molar-refractivity contribution in [2.24, 2.45) is 11.1 Å². The highest BCUT2D eigenvalue weighted by Crippen LogP contribution is 2.36. The van der Waals surface area contributed by atoms with E-state index in [2.05, 4.69) is 10.5 Å². The average Bonchev–Trinajstić information content (AvgIpc) is 3.11. The highest BCUT2D eigenvalue weighted by Gasteiger charge is 2.44. The minimum absolute atomic E-state index is 0. The molecule has 0 aliphatic carbocycles. The lowest BCUT2D eigenvalue weighted by Gasteiger charge is -2.38. The first-order valence-corrected chi connectivity index (χ1v) is 14.3. The smallest absolute Gasteiger partial charge is 0.308 e. The fourth-order valence-corrected chi connectivity index (χ4v) is 5.10. The first kappa shape index (κ1) is 32.4. The summed E-state index contributed by atoms with van der Waals surface area (Å²) in [5, 5.41) is 6.50. The number of nitrogens with one attached hydrogen (secondary N) is 1. The summed E-state index contributed by atoms with van der Waals surface area (Å²) in [4.78, 5) is 60.4. The van der Waals surface area contributed by atoms with E-state index < -0.39 is 65.1 Å². The Kier molecular flexibility index (Phi) is 10.2. The van der Waals surface area contributed by atoms with Crippen molar-refractivity contribution < 1.29 is 43.6 Å². The number of halogens is 2. The Hall–Kier alpha value is -4.49. The maximum atomic E-state index is 14.2. The summed E-state index contributed by atoms with van der Waals surface area (Å²) in [5.74, 6) is -3.81. The molecule has 44 heavy (non-hydrogen) atoms. The second kappa shape index (κ2) is 13.9. The summed E-state index contributed by atoms with van der Waals surface area (Å²) in [6.45, 7) is 6.31. The van der Waals surface area contributed by atoms with Gasteiger partial charge in [-0.3, -0.25) is 19.2 Å². The number of aromatic nitrogens is 1. The second-order valence-electron chi connectivity index (χ2n) is 11.2. The Morgan fingerprint density at radius 3 is 2.64 bits per heavy atom. The van der Waals surface area contributed by atoms with Crippen LogP contribution in [0.2, 0.25) is 0 Å². The van der Waals surface area contributed by atoms with Gasteiger partial charge >= 0.3 is 5.97 Å². The molecule has 1 N–H and O–H groups in total. The van der Waals surface area contributed by atoms with Crippen molar-refractivity contribution >= 4 is 23.7 Å². The molecule has 1 aromatic carbocycles. The average molecular weight is 621 g/mol. The van der Waals surface area contributed by atoms with Crippen LogP contribution in [-0.2, 0) is 25.7 Å². The standard InChI is InChI=1S/C30H36F2N4O8.H2/c1-16(2)10-25(37)42-15-43-28-26-30(40)35-14-23(24(9-6-17(35)3)44-34-18(4)41-5)36(26)13-21(27(28)38)29(39)33-12-19-7-8-20(31)11-22(19)32;/h7-8,11,13,16-17,23-24H,6,9-10,12,14-15H2,1-5H3,(H,33,39);1H/b34-18+;/t17-,23+,24+;/m0./s1. The van der Waals surface area contributed by atoms with Crippen LogP contribution in [0.5, 0.6) is 5.75 Å². The van der Waals surface area contributed by atoms with Crippen LogP contribution in [0.4, 0.5) is 8.78 Å². The first-order chi connectivity index (χ1) is 20.9. The van der Waals surface area contributed by atoms with Crippen molar-refractivity contribution in [3.05, 3.63) is 63.1 Å². The predicted molar refractivity (Wildman–Crippen MR) is 155 cm³/mol. The van der Waals surface area contributed by atoms with E-state index in [1.54, 1.807) is 11.8 Å². The molecule has 2 bridgehead atoms. The largest absolute Gasteiger partial charge is 0.482 e. The molecule has 0 spiro atoms. The summed E-state index contributed by atoms with van der Waals surface area (Å²) in [7, 11) is 1.44. The number of pyridine rings is 1. The predicted octanol–water partition coefficient (Wildman–Crippen LogP) is 3.77. The molecule has 14 heteroatoms. The monoisotopic (exact) mass is 620 g/mol. The van der Waals surface area contributed by atoms with Crippen LogP contribution in [0, 0.1) is 17.6 Å². The van der Waals surface area contributed by atoms with Gasteiger partial charge in [-0.2, -0.15) is 0 Å². The van der Waals surface area contributed by atoms with Crippen molar-refractivity contribution in [2.75, 3.05) is 20.4 Å². The summed E-state index contributed by atoms with van der Waals surface area (Å²) in [6, 6.07) is 2.08. The van der Waals surface area contributed by atoms with Gasteiger partial charge in [0, 0.05) is 51.7 Å². The molecule has 1 fully saturated rings. The number of ether oxygens (including phenoxy) is 3. The number of methoxy groups -OCH3 is 1. The van der Waals surface area contributed by atoms with Crippen LogP contribution in [0.15, 0.2) is 34.3 Å². The van der Waals surface area contributed by atoms with Crippen molar-refractivity contribution in [1.82, 2.24) is 14.8 Å². The molecule has 4 rings (SSSR count). The molecule has 3 atom stereocenters. The van der Waals surface area contributed by atoms with Crippen molar-refractivity contribution in [3.8, 4) is 5.75 Å². The van der Waals surface area contributed by atoms with E-state index in [0.717, 1.165) is 6.07 Å². The normalized spacial score (nSPS) is 19.6. The maximum Gasteiger partial charge on any atom is 0.308 e. The zero-order valence-electron chi connectivity index (χ0n) is 25.2. The zero-order valence-corrected chi connectivity index (χ0v) is 25.2. The van der Waals surface area contributed by atoms with Gasteiger partial charge in [0.2, 0.25) is 23.9 Å². The van der Waals surface area contributed by atoms with E-state index in [-0.39, 0.29) is 50.1 Å². The zero-order chi connectivity index (χ0) is 32.1. The molecule has 1 aromatic heterocycles. The summed E-state index contributed by atoms with van der Waals surface area (Å²) < 4.78 is 44.9. The summed E-state index contributed by atoms with van der Waals surface area (Å²) in [6.07, 6.45) is 1.80. The van der Waals surface area contributed by atoms with Gasteiger partial charge in [0.1, 0.15) is 23.3 Å². The molecule has 3 heterocycles. The van der Waals surface area contributed by atoms with Gasteiger partial charge in [0.15, 0.2) is 5.69 Å². The van der Waals surface area contributed by atoms with E-state index in [1.165, 1.54) is 23.9 Å². The number of hydrogen-bond donors (Lipinski definition) is 1. The van der Waals surface area contributed by atoms with E-state index in [4.69, 9.17) is 19.0 Å². The lowest BCUT2D eigenvalue weighted by Crippen LogP contribution is -2.49. The molecule has 12 nitrogen and oxygen atoms in total. The lowest BCUT2D eigenvalue weighted by molar-refractivity contribution is -0.151. The third-order valence-corrected chi connectivity index (χ3v) is 7.54. The Labute approximate surface area is 254 Å². The Balaban J connectivity index is 0.00000552. The van der Waals surface area contributed by atoms with Gasteiger partial charge in [0.25, 0.3) is 11.8 Å². The van der Waals surface area contributed by atoms with E-state index in [0.29, 0.717) is 18.9 Å². The van der Waals surface area contributed by atoms with Gasteiger partial charge in [0.05, 0.1) is 13.2 Å². The number of benzene rings is 1. The molecule has 0 unspecified atom stereocenters. The van der Waals surface area contributed by atoms with Crippen molar-refractivity contribution in [3.63, 3.8) is 0 Å².